The second-order valence-corrected chi connectivity index (χ2v) is 6.51. The third-order valence-electron chi connectivity index (χ3n) is 4.55. The number of aromatic amines is 1. The van der Waals surface area contributed by atoms with E-state index < -0.39 is 0 Å². The third kappa shape index (κ3) is 3.08. The molecule has 0 unspecified atom stereocenters. The molecule has 3 aromatic rings. The highest BCUT2D eigenvalue weighted by molar-refractivity contribution is 6.28. The number of nitrogens with zero attached hydrogens (tertiary/aromatic N) is 5. The highest BCUT2D eigenvalue weighted by atomic mass is 35.5. The Morgan fingerprint density at radius 1 is 1.25 bits per heavy atom. The average molecular weight is 346 g/mol. The van der Waals surface area contributed by atoms with E-state index in [9.17, 15) is 0 Å². The maximum absolute atomic E-state index is 6.14. The number of nitrogens with one attached hydrogen (secondary N) is 2. The molecule has 0 spiro atoms. The number of fused-ring (bicyclic) bond motifs is 1. The van der Waals surface area contributed by atoms with Crippen molar-refractivity contribution in [1.29, 1.82) is 0 Å². The van der Waals surface area contributed by atoms with Gasteiger partial charge in [0, 0.05) is 31.4 Å². The van der Waals surface area contributed by atoms with Gasteiger partial charge in [0.2, 0.25) is 5.28 Å². The van der Waals surface area contributed by atoms with Gasteiger partial charge in [-0.2, -0.15) is 9.97 Å². The lowest BCUT2D eigenvalue weighted by atomic mass is 10.2. The summed E-state index contributed by atoms with van der Waals surface area (Å²) in [5, 5.41) is 3.60. The summed E-state index contributed by atoms with van der Waals surface area (Å²) in [7, 11) is 0. The zero-order valence-corrected chi connectivity index (χ0v) is 14.1. The van der Waals surface area contributed by atoms with E-state index in [2.05, 4.69) is 34.8 Å². The van der Waals surface area contributed by atoms with Gasteiger partial charge in [-0.3, -0.25) is 0 Å². The highest BCUT2D eigenvalue weighted by Gasteiger charge is 2.21. The van der Waals surface area contributed by atoms with Crippen molar-refractivity contribution in [1.82, 2.24) is 29.5 Å². The van der Waals surface area contributed by atoms with Crippen LogP contribution in [0.1, 0.15) is 44.0 Å². The van der Waals surface area contributed by atoms with Gasteiger partial charge in [0.05, 0.1) is 6.33 Å². The maximum Gasteiger partial charge on any atom is 0.226 e. The van der Waals surface area contributed by atoms with Crippen LogP contribution in [-0.4, -0.2) is 36.0 Å². The van der Waals surface area contributed by atoms with E-state index in [4.69, 9.17) is 11.6 Å². The summed E-state index contributed by atoms with van der Waals surface area (Å²) in [6, 6.07) is 0.479. The van der Waals surface area contributed by atoms with Crippen LogP contribution in [0.2, 0.25) is 5.28 Å². The number of aryl methyl sites for hydroxylation is 1. The van der Waals surface area contributed by atoms with Crippen LogP contribution < -0.4 is 5.32 Å². The van der Waals surface area contributed by atoms with E-state index in [1.54, 1.807) is 6.20 Å². The molecular weight excluding hydrogens is 326 g/mol. The molecule has 1 aliphatic carbocycles. The zero-order chi connectivity index (χ0) is 16.4. The topological polar surface area (TPSA) is 84.3 Å². The highest BCUT2D eigenvalue weighted by Crippen LogP contribution is 2.32. The van der Waals surface area contributed by atoms with E-state index in [1.165, 1.54) is 25.7 Å². The Bertz CT molecular complexity index is 805. The van der Waals surface area contributed by atoms with Crippen molar-refractivity contribution in [3.8, 4) is 0 Å². The number of H-pyrrole nitrogens is 1. The molecule has 8 heteroatoms. The number of hydrogen-bond acceptors (Lipinski definition) is 5. The molecule has 0 aromatic carbocycles. The number of aromatic nitrogens is 6. The molecule has 0 aliphatic heterocycles. The Labute approximate surface area is 144 Å². The molecule has 7 nitrogen and oxygen atoms in total. The fourth-order valence-corrected chi connectivity index (χ4v) is 3.52. The van der Waals surface area contributed by atoms with Crippen LogP contribution in [-0.2, 0) is 6.42 Å². The summed E-state index contributed by atoms with van der Waals surface area (Å²) in [6.45, 7) is 0.777. The van der Waals surface area contributed by atoms with Gasteiger partial charge >= 0.3 is 0 Å². The summed E-state index contributed by atoms with van der Waals surface area (Å²) in [6.07, 6.45) is 12.2. The lowest BCUT2D eigenvalue weighted by Crippen LogP contribution is -2.08. The summed E-state index contributed by atoms with van der Waals surface area (Å²) in [4.78, 5) is 20.6. The molecule has 3 aromatic heterocycles. The normalized spacial score (nSPS) is 15.4. The monoisotopic (exact) mass is 345 g/mol. The number of hydrogen-bond donors (Lipinski definition) is 2. The number of rotatable bonds is 6. The molecule has 126 valence electrons. The number of anilines is 1. The summed E-state index contributed by atoms with van der Waals surface area (Å²) < 4.78 is 2.16. The van der Waals surface area contributed by atoms with E-state index in [0.29, 0.717) is 11.9 Å². The second kappa shape index (κ2) is 6.76. The molecule has 3 heterocycles. The molecule has 4 rings (SSSR count). The van der Waals surface area contributed by atoms with Gasteiger partial charge < -0.3 is 14.9 Å². The molecule has 1 fully saturated rings. The quantitative estimate of drug-likeness (QED) is 0.528. The van der Waals surface area contributed by atoms with Gasteiger partial charge in [-0.1, -0.05) is 12.8 Å². The first kappa shape index (κ1) is 15.4. The SMILES string of the molecule is Clc1nc(NCCCc2ncc[nH]2)c2ncn(C3CCCC3)c2n1. The van der Waals surface area contributed by atoms with Crippen LogP contribution in [0.15, 0.2) is 18.7 Å². The van der Waals surface area contributed by atoms with E-state index >= 15 is 0 Å². The standard InChI is InChI=1S/C16H20ClN7/c17-16-22-14(20-7-3-6-12-18-8-9-19-12)13-15(23-16)24(10-21-13)11-4-1-2-5-11/h8-11H,1-7H2,(H,18,19)(H,20,22,23). The van der Waals surface area contributed by atoms with Gasteiger partial charge in [-0.05, 0) is 30.9 Å². The minimum atomic E-state index is 0.260. The van der Waals surface area contributed by atoms with Crippen molar-refractivity contribution in [2.75, 3.05) is 11.9 Å². The van der Waals surface area contributed by atoms with Crippen LogP contribution in [0.25, 0.3) is 11.2 Å². The predicted molar refractivity (Wildman–Crippen MR) is 93.2 cm³/mol. The van der Waals surface area contributed by atoms with E-state index in [0.717, 1.165) is 36.4 Å². The van der Waals surface area contributed by atoms with Gasteiger partial charge in [0.25, 0.3) is 0 Å². The molecule has 2 N–H and O–H groups in total. The van der Waals surface area contributed by atoms with Crippen LogP contribution in [0.3, 0.4) is 0 Å². The van der Waals surface area contributed by atoms with Crippen molar-refractivity contribution in [2.24, 2.45) is 0 Å². The Kier molecular flexibility index (Phi) is 4.34. The fraction of sp³-hybridized carbons (Fsp3) is 0.500. The molecular formula is C16H20ClN7. The first-order chi connectivity index (χ1) is 11.8. The molecule has 1 aliphatic rings. The average Bonchev–Trinajstić information content (AvgIpc) is 3.31. The fourth-order valence-electron chi connectivity index (χ4n) is 3.36. The Hall–Kier alpha value is -2.15. The lowest BCUT2D eigenvalue weighted by Gasteiger charge is -2.12. The minimum Gasteiger partial charge on any atom is -0.368 e. The van der Waals surface area contributed by atoms with E-state index in [1.807, 2.05) is 12.5 Å². The minimum absolute atomic E-state index is 0.260. The Morgan fingerprint density at radius 2 is 2.12 bits per heavy atom. The van der Waals surface area contributed by atoms with Gasteiger partial charge in [0.1, 0.15) is 5.82 Å². The van der Waals surface area contributed by atoms with E-state index in [-0.39, 0.29) is 5.28 Å². The summed E-state index contributed by atoms with van der Waals surface area (Å²) in [5.74, 6) is 1.70. The van der Waals surface area contributed by atoms with Gasteiger partial charge in [0.15, 0.2) is 17.0 Å². The molecule has 0 amide bonds. The summed E-state index contributed by atoms with van der Waals surface area (Å²) >= 11 is 6.14. The largest absolute Gasteiger partial charge is 0.368 e. The van der Waals surface area contributed by atoms with Crippen LogP contribution in [0, 0.1) is 0 Å². The molecule has 0 radical (unpaired) electrons. The predicted octanol–water partition coefficient (Wildman–Crippen LogP) is 3.36. The lowest BCUT2D eigenvalue weighted by molar-refractivity contribution is 0.529. The summed E-state index contributed by atoms with van der Waals surface area (Å²) in [5.41, 5.74) is 1.62. The molecule has 1 saturated carbocycles. The van der Waals surface area contributed by atoms with Crippen molar-refractivity contribution < 1.29 is 0 Å². The Morgan fingerprint density at radius 3 is 2.92 bits per heavy atom. The molecule has 0 bridgehead atoms. The molecule has 0 atom stereocenters. The second-order valence-electron chi connectivity index (χ2n) is 6.17. The van der Waals surface area contributed by atoms with Crippen LogP contribution >= 0.6 is 11.6 Å². The molecule has 24 heavy (non-hydrogen) atoms. The van der Waals surface area contributed by atoms with Crippen molar-refractivity contribution in [3.63, 3.8) is 0 Å². The first-order valence-corrected chi connectivity index (χ1v) is 8.81. The number of halogens is 1. The van der Waals surface area contributed by atoms with Crippen molar-refractivity contribution in [3.05, 3.63) is 29.8 Å². The third-order valence-corrected chi connectivity index (χ3v) is 4.72. The van der Waals surface area contributed by atoms with Gasteiger partial charge in [-0.15, -0.1) is 0 Å². The Balaban J connectivity index is 1.50. The zero-order valence-electron chi connectivity index (χ0n) is 13.4. The van der Waals surface area contributed by atoms with Gasteiger partial charge in [-0.25, -0.2) is 9.97 Å². The van der Waals surface area contributed by atoms with Crippen LogP contribution in [0.5, 0.6) is 0 Å². The number of imidazole rings is 2. The van der Waals surface area contributed by atoms with Crippen molar-refractivity contribution in [2.45, 2.75) is 44.6 Å². The molecule has 0 saturated heterocycles. The first-order valence-electron chi connectivity index (χ1n) is 8.43. The van der Waals surface area contributed by atoms with Crippen LogP contribution in [0.4, 0.5) is 5.82 Å². The smallest absolute Gasteiger partial charge is 0.226 e. The maximum atomic E-state index is 6.14. The van der Waals surface area contributed by atoms with Crippen molar-refractivity contribution >= 4 is 28.6 Å².